The fourth-order valence-electron chi connectivity index (χ4n) is 2.50. The zero-order chi connectivity index (χ0) is 11.8. The van der Waals surface area contributed by atoms with Crippen molar-refractivity contribution in [1.82, 2.24) is 0 Å². The van der Waals surface area contributed by atoms with Crippen molar-refractivity contribution in [3.63, 3.8) is 0 Å². The van der Waals surface area contributed by atoms with E-state index >= 15 is 0 Å². The molecular formula is C15H13NO. The van der Waals surface area contributed by atoms with Gasteiger partial charge in [0.25, 0.3) is 0 Å². The Morgan fingerprint density at radius 1 is 0.882 bits per heavy atom. The molecule has 0 bridgehead atoms. The van der Waals surface area contributed by atoms with E-state index in [2.05, 4.69) is 0 Å². The Balaban J connectivity index is 2.35. The van der Waals surface area contributed by atoms with E-state index in [1.807, 2.05) is 42.5 Å². The molecular weight excluding hydrogens is 210 g/mol. The lowest BCUT2D eigenvalue weighted by atomic mass is 9.95. The average molecular weight is 223 g/mol. The number of fused-ring (bicyclic) bond motifs is 3. The molecule has 0 saturated carbocycles. The molecule has 0 unspecified atom stereocenters. The highest BCUT2D eigenvalue weighted by Crippen LogP contribution is 2.35. The number of nitrogens with two attached hydrogens (primary N) is 1. The Morgan fingerprint density at radius 3 is 2.47 bits per heavy atom. The van der Waals surface area contributed by atoms with Crippen molar-refractivity contribution in [2.24, 2.45) is 0 Å². The first kappa shape index (κ1) is 10.1. The highest BCUT2D eigenvalue weighted by Gasteiger charge is 2.19. The summed E-state index contributed by atoms with van der Waals surface area (Å²) in [7, 11) is 0. The number of ketones is 1. The summed E-state index contributed by atoms with van der Waals surface area (Å²) in [5.41, 5.74) is 11.1. The Kier molecular flexibility index (Phi) is 2.22. The normalized spacial score (nSPS) is 13.8. The second-order valence-corrected chi connectivity index (χ2v) is 4.43. The predicted octanol–water partition coefficient (Wildman–Crippen LogP) is 2.60. The molecule has 84 valence electrons. The second kappa shape index (κ2) is 3.74. The van der Waals surface area contributed by atoms with Crippen molar-refractivity contribution >= 4 is 11.5 Å². The molecule has 2 nitrogen and oxygen atoms in total. The largest absolute Gasteiger partial charge is 0.398 e. The van der Waals surface area contributed by atoms with Crippen LogP contribution >= 0.6 is 0 Å². The van der Waals surface area contributed by atoms with Crippen LogP contribution in [0.15, 0.2) is 42.5 Å². The zero-order valence-electron chi connectivity index (χ0n) is 9.44. The summed E-state index contributed by atoms with van der Waals surface area (Å²) in [6, 6.07) is 13.8. The molecule has 1 aliphatic rings. The monoisotopic (exact) mass is 223 g/mol. The molecule has 2 aromatic rings. The van der Waals surface area contributed by atoms with E-state index in [4.69, 9.17) is 5.73 Å². The Morgan fingerprint density at radius 2 is 1.59 bits per heavy atom. The summed E-state index contributed by atoms with van der Waals surface area (Å²) < 4.78 is 0. The first-order valence-electron chi connectivity index (χ1n) is 5.73. The summed E-state index contributed by atoms with van der Waals surface area (Å²) in [4.78, 5) is 11.9. The van der Waals surface area contributed by atoms with Gasteiger partial charge >= 0.3 is 0 Å². The molecule has 2 aromatic carbocycles. The van der Waals surface area contributed by atoms with Crippen LogP contribution in [-0.4, -0.2) is 5.78 Å². The van der Waals surface area contributed by atoms with Gasteiger partial charge in [-0.15, -0.1) is 0 Å². The Labute approximate surface area is 100 Å². The van der Waals surface area contributed by atoms with Gasteiger partial charge in [-0.3, -0.25) is 4.79 Å². The van der Waals surface area contributed by atoms with E-state index < -0.39 is 0 Å². The van der Waals surface area contributed by atoms with Crippen LogP contribution in [0.5, 0.6) is 0 Å². The first-order chi connectivity index (χ1) is 8.25. The van der Waals surface area contributed by atoms with E-state index in [1.165, 1.54) is 0 Å². The molecule has 3 rings (SSSR count). The van der Waals surface area contributed by atoms with E-state index in [9.17, 15) is 4.79 Å². The summed E-state index contributed by atoms with van der Waals surface area (Å²) in [6.45, 7) is 0. The maximum Gasteiger partial charge on any atom is 0.141 e. The van der Waals surface area contributed by atoms with Crippen LogP contribution in [-0.2, 0) is 17.6 Å². The van der Waals surface area contributed by atoms with Gasteiger partial charge in [-0.05, 0) is 22.8 Å². The number of anilines is 1. The maximum atomic E-state index is 11.9. The van der Waals surface area contributed by atoms with Gasteiger partial charge in [-0.25, -0.2) is 0 Å². The van der Waals surface area contributed by atoms with Gasteiger partial charge in [0.05, 0.1) is 0 Å². The van der Waals surface area contributed by atoms with Crippen LogP contribution in [0.3, 0.4) is 0 Å². The predicted molar refractivity (Wildman–Crippen MR) is 68.7 cm³/mol. The van der Waals surface area contributed by atoms with Crippen LogP contribution in [0.25, 0.3) is 11.1 Å². The van der Waals surface area contributed by atoms with Crippen molar-refractivity contribution in [2.45, 2.75) is 12.8 Å². The van der Waals surface area contributed by atoms with E-state index in [1.54, 1.807) is 0 Å². The fourth-order valence-corrected chi connectivity index (χ4v) is 2.50. The van der Waals surface area contributed by atoms with Gasteiger partial charge in [0.15, 0.2) is 0 Å². The van der Waals surface area contributed by atoms with Crippen LogP contribution in [0, 0.1) is 0 Å². The fraction of sp³-hybridized carbons (Fsp3) is 0.133. The lowest BCUT2D eigenvalue weighted by Gasteiger charge is -2.11. The third kappa shape index (κ3) is 1.62. The van der Waals surface area contributed by atoms with E-state index in [0.29, 0.717) is 12.8 Å². The molecule has 0 aromatic heterocycles. The third-order valence-corrected chi connectivity index (χ3v) is 3.24. The van der Waals surface area contributed by atoms with Crippen molar-refractivity contribution < 1.29 is 4.79 Å². The summed E-state index contributed by atoms with van der Waals surface area (Å²) in [5, 5.41) is 0. The van der Waals surface area contributed by atoms with Gasteiger partial charge in [-0.2, -0.15) is 0 Å². The van der Waals surface area contributed by atoms with Gasteiger partial charge in [0.2, 0.25) is 0 Å². The van der Waals surface area contributed by atoms with Gasteiger partial charge < -0.3 is 5.73 Å². The highest BCUT2D eigenvalue weighted by atomic mass is 16.1. The molecule has 0 fully saturated rings. The molecule has 0 amide bonds. The summed E-state index contributed by atoms with van der Waals surface area (Å²) >= 11 is 0. The number of benzene rings is 2. The molecule has 0 spiro atoms. The second-order valence-electron chi connectivity index (χ2n) is 4.43. The lowest BCUT2D eigenvalue weighted by molar-refractivity contribution is -0.117. The van der Waals surface area contributed by atoms with E-state index in [0.717, 1.165) is 27.9 Å². The van der Waals surface area contributed by atoms with Crippen LogP contribution in [0.2, 0.25) is 0 Å². The Hall–Kier alpha value is -2.09. The van der Waals surface area contributed by atoms with Gasteiger partial charge in [-0.1, -0.05) is 36.4 Å². The SMILES string of the molecule is Nc1cccc2c1-c1ccccc1CC(=O)C2. The van der Waals surface area contributed by atoms with Crippen LogP contribution in [0.4, 0.5) is 5.69 Å². The summed E-state index contributed by atoms with van der Waals surface area (Å²) in [5.74, 6) is 0.252. The number of carbonyl (C=O) groups is 1. The molecule has 0 saturated heterocycles. The van der Waals surface area contributed by atoms with Crippen molar-refractivity contribution in [3.05, 3.63) is 53.6 Å². The number of Topliss-reactive ketones (excluding diaryl/α,β-unsaturated/α-hetero) is 1. The topological polar surface area (TPSA) is 43.1 Å². The van der Waals surface area contributed by atoms with E-state index in [-0.39, 0.29) is 5.78 Å². The molecule has 17 heavy (non-hydrogen) atoms. The summed E-state index contributed by atoms with van der Waals surface area (Å²) in [6.07, 6.45) is 0.985. The smallest absolute Gasteiger partial charge is 0.141 e. The zero-order valence-corrected chi connectivity index (χ0v) is 9.44. The van der Waals surface area contributed by atoms with Gasteiger partial charge in [0.1, 0.15) is 5.78 Å². The number of hydrogen-bond donors (Lipinski definition) is 1. The van der Waals surface area contributed by atoms with Crippen LogP contribution in [0.1, 0.15) is 11.1 Å². The molecule has 0 atom stereocenters. The quantitative estimate of drug-likeness (QED) is 0.697. The lowest BCUT2D eigenvalue weighted by Crippen LogP contribution is -2.04. The minimum Gasteiger partial charge on any atom is -0.398 e. The molecule has 2 N–H and O–H groups in total. The van der Waals surface area contributed by atoms with Gasteiger partial charge in [0, 0.05) is 24.1 Å². The number of hydrogen-bond acceptors (Lipinski definition) is 2. The van der Waals surface area contributed by atoms with Crippen molar-refractivity contribution in [2.75, 3.05) is 5.73 Å². The minimum atomic E-state index is 0.252. The average Bonchev–Trinajstić information content (AvgIpc) is 2.44. The molecule has 1 aliphatic carbocycles. The molecule has 0 aliphatic heterocycles. The van der Waals surface area contributed by atoms with Crippen molar-refractivity contribution in [1.29, 1.82) is 0 Å². The maximum absolute atomic E-state index is 11.9. The van der Waals surface area contributed by atoms with Crippen LogP contribution < -0.4 is 5.73 Å². The number of nitrogen functional groups attached to an aromatic ring is 1. The molecule has 0 radical (unpaired) electrons. The number of rotatable bonds is 0. The Bertz CT molecular complexity index is 602. The van der Waals surface area contributed by atoms with Crippen molar-refractivity contribution in [3.8, 4) is 11.1 Å². The molecule has 0 heterocycles. The molecule has 2 heteroatoms. The standard InChI is InChI=1S/C15H13NO/c16-14-7-3-5-11-9-12(17)8-10-4-1-2-6-13(10)15(11)14/h1-7H,8-9,16H2. The first-order valence-corrected chi connectivity index (χ1v) is 5.73. The third-order valence-electron chi connectivity index (χ3n) is 3.24. The number of carbonyl (C=O) groups excluding carboxylic acids is 1. The highest BCUT2D eigenvalue weighted by molar-refractivity contribution is 5.93. The minimum absolute atomic E-state index is 0.252.